The maximum Gasteiger partial charge on any atom is 0.139 e. The zero-order valence-electron chi connectivity index (χ0n) is 11.0. The molecule has 0 amide bonds. The molecule has 0 saturated heterocycles. The van der Waals surface area contributed by atoms with Gasteiger partial charge in [0, 0.05) is 11.8 Å². The van der Waals surface area contributed by atoms with Gasteiger partial charge in [-0.15, -0.1) is 0 Å². The fourth-order valence-electron chi connectivity index (χ4n) is 5.20. The lowest BCUT2D eigenvalue weighted by Crippen LogP contribution is -2.34. The molecule has 3 rings (SSSR count). The van der Waals surface area contributed by atoms with Crippen molar-refractivity contribution >= 4 is 5.78 Å². The number of ketones is 1. The van der Waals surface area contributed by atoms with E-state index in [2.05, 4.69) is 27.7 Å². The van der Waals surface area contributed by atoms with Crippen LogP contribution in [0.2, 0.25) is 0 Å². The predicted molar refractivity (Wildman–Crippen MR) is 65.0 cm³/mol. The molecule has 1 nitrogen and oxygen atoms in total. The Morgan fingerprint density at radius 3 is 2.50 bits per heavy atom. The minimum atomic E-state index is 0.0343. The van der Waals surface area contributed by atoms with Gasteiger partial charge in [0.1, 0.15) is 5.78 Å². The summed E-state index contributed by atoms with van der Waals surface area (Å²) in [6, 6.07) is 0. The molecule has 1 heteroatoms. The van der Waals surface area contributed by atoms with Crippen LogP contribution in [0.3, 0.4) is 0 Å². The first kappa shape index (κ1) is 10.8. The van der Waals surface area contributed by atoms with Gasteiger partial charge >= 0.3 is 0 Å². The van der Waals surface area contributed by atoms with Crippen molar-refractivity contribution in [2.24, 2.45) is 34.5 Å². The zero-order valence-corrected chi connectivity index (χ0v) is 11.0. The van der Waals surface area contributed by atoms with E-state index >= 15 is 0 Å². The van der Waals surface area contributed by atoms with Crippen molar-refractivity contribution < 1.29 is 4.79 Å². The fourth-order valence-corrected chi connectivity index (χ4v) is 5.20. The lowest BCUT2D eigenvalue weighted by atomic mass is 9.70. The summed E-state index contributed by atoms with van der Waals surface area (Å²) in [5.41, 5.74) is 0.553. The first-order valence-corrected chi connectivity index (χ1v) is 6.92. The summed E-state index contributed by atoms with van der Waals surface area (Å²) in [5.74, 6) is 3.69. The zero-order chi connectivity index (χ0) is 11.7. The summed E-state index contributed by atoms with van der Waals surface area (Å²) in [6.07, 6.45) is 4.43. The van der Waals surface area contributed by atoms with E-state index in [1.807, 2.05) is 0 Å². The summed E-state index contributed by atoms with van der Waals surface area (Å²) in [4.78, 5) is 12.3. The average Bonchev–Trinajstić information content (AvgIpc) is 2.64. The number of rotatable bonds is 0. The topological polar surface area (TPSA) is 17.1 Å². The van der Waals surface area contributed by atoms with Crippen molar-refractivity contribution in [2.75, 3.05) is 0 Å². The third kappa shape index (κ3) is 1.10. The van der Waals surface area contributed by atoms with Crippen LogP contribution in [0.1, 0.15) is 53.4 Å². The Hall–Kier alpha value is -0.330. The van der Waals surface area contributed by atoms with E-state index in [0.29, 0.717) is 17.1 Å². The Bertz CT molecular complexity index is 343. The number of carbonyl (C=O) groups is 1. The normalized spacial score (nSPS) is 54.1. The van der Waals surface area contributed by atoms with Gasteiger partial charge in [0.2, 0.25) is 0 Å². The van der Waals surface area contributed by atoms with Crippen LogP contribution in [0.4, 0.5) is 0 Å². The quantitative estimate of drug-likeness (QED) is 0.608. The summed E-state index contributed by atoms with van der Waals surface area (Å²) < 4.78 is 0. The molecule has 5 atom stereocenters. The Kier molecular flexibility index (Phi) is 1.97. The number of fused-ring (bicyclic) bond motifs is 3. The van der Waals surface area contributed by atoms with Gasteiger partial charge in [0.05, 0.1) is 0 Å². The lowest BCUT2D eigenvalue weighted by Gasteiger charge is -2.32. The molecule has 3 aliphatic rings. The minimum Gasteiger partial charge on any atom is -0.299 e. The van der Waals surface area contributed by atoms with E-state index < -0.39 is 0 Å². The Morgan fingerprint density at radius 2 is 1.81 bits per heavy atom. The highest BCUT2D eigenvalue weighted by molar-refractivity contribution is 5.85. The molecular formula is C15H24O. The van der Waals surface area contributed by atoms with Gasteiger partial charge in [-0.1, -0.05) is 27.7 Å². The van der Waals surface area contributed by atoms with Gasteiger partial charge < -0.3 is 0 Å². The molecule has 0 aromatic heterocycles. The third-order valence-electron chi connectivity index (χ3n) is 6.31. The summed E-state index contributed by atoms with van der Waals surface area (Å²) in [7, 11) is 0. The summed E-state index contributed by atoms with van der Waals surface area (Å²) in [6.45, 7) is 9.48. The molecule has 90 valence electrons. The monoisotopic (exact) mass is 220 g/mol. The largest absolute Gasteiger partial charge is 0.299 e. The SMILES string of the molecule is C[C@@H]1CC[C@]2(C)C(=O)CC[C@H]3[C@H]([C@H]12)C3(C)C. The van der Waals surface area contributed by atoms with Crippen molar-refractivity contribution in [2.45, 2.75) is 53.4 Å². The Labute approximate surface area is 99.0 Å². The number of Topliss-reactive ketones (excluding diaryl/α,β-unsaturated/α-hetero) is 1. The van der Waals surface area contributed by atoms with E-state index in [9.17, 15) is 4.79 Å². The molecule has 0 bridgehead atoms. The highest BCUT2D eigenvalue weighted by Gasteiger charge is 2.68. The van der Waals surface area contributed by atoms with Gasteiger partial charge in [0.15, 0.2) is 0 Å². The van der Waals surface area contributed by atoms with Crippen LogP contribution in [0.15, 0.2) is 0 Å². The second kappa shape index (κ2) is 2.91. The van der Waals surface area contributed by atoms with Gasteiger partial charge in [-0.05, 0) is 48.3 Å². The molecular weight excluding hydrogens is 196 g/mol. The molecule has 0 unspecified atom stereocenters. The van der Waals surface area contributed by atoms with Crippen LogP contribution < -0.4 is 0 Å². The van der Waals surface area contributed by atoms with E-state index in [1.54, 1.807) is 0 Å². The number of hydrogen-bond acceptors (Lipinski definition) is 1. The highest BCUT2D eigenvalue weighted by atomic mass is 16.1. The molecule has 3 saturated carbocycles. The predicted octanol–water partition coefficient (Wildman–Crippen LogP) is 3.67. The van der Waals surface area contributed by atoms with Crippen LogP contribution in [-0.2, 0) is 4.79 Å². The maximum absolute atomic E-state index is 12.3. The highest BCUT2D eigenvalue weighted by Crippen LogP contribution is 2.72. The molecule has 0 spiro atoms. The van der Waals surface area contributed by atoms with Gasteiger partial charge in [0.25, 0.3) is 0 Å². The Balaban J connectivity index is 2.01. The van der Waals surface area contributed by atoms with Crippen LogP contribution in [0.25, 0.3) is 0 Å². The van der Waals surface area contributed by atoms with Crippen LogP contribution in [0, 0.1) is 34.5 Å². The third-order valence-corrected chi connectivity index (χ3v) is 6.31. The number of carbonyl (C=O) groups excluding carboxylic acids is 1. The first-order chi connectivity index (χ1) is 7.39. The average molecular weight is 220 g/mol. The maximum atomic E-state index is 12.3. The molecule has 0 heterocycles. The molecule has 3 aliphatic carbocycles. The van der Waals surface area contributed by atoms with Crippen molar-refractivity contribution in [3.63, 3.8) is 0 Å². The van der Waals surface area contributed by atoms with Gasteiger partial charge in [-0.25, -0.2) is 0 Å². The first-order valence-electron chi connectivity index (χ1n) is 6.92. The fraction of sp³-hybridized carbons (Fsp3) is 0.933. The van der Waals surface area contributed by atoms with Crippen LogP contribution >= 0.6 is 0 Å². The van der Waals surface area contributed by atoms with Crippen molar-refractivity contribution in [3.8, 4) is 0 Å². The second-order valence-electron chi connectivity index (χ2n) is 7.37. The van der Waals surface area contributed by atoms with Crippen molar-refractivity contribution in [1.82, 2.24) is 0 Å². The van der Waals surface area contributed by atoms with Crippen molar-refractivity contribution in [3.05, 3.63) is 0 Å². The van der Waals surface area contributed by atoms with Crippen LogP contribution in [-0.4, -0.2) is 5.78 Å². The summed E-state index contributed by atoms with van der Waals surface area (Å²) >= 11 is 0. The van der Waals surface area contributed by atoms with Crippen molar-refractivity contribution in [1.29, 1.82) is 0 Å². The molecule has 0 aromatic rings. The number of hydrogen-bond donors (Lipinski definition) is 0. The Morgan fingerprint density at radius 1 is 1.12 bits per heavy atom. The molecule has 3 fully saturated rings. The van der Waals surface area contributed by atoms with E-state index in [4.69, 9.17) is 0 Å². The smallest absolute Gasteiger partial charge is 0.139 e. The molecule has 0 radical (unpaired) electrons. The van der Waals surface area contributed by atoms with Crippen LogP contribution in [0.5, 0.6) is 0 Å². The van der Waals surface area contributed by atoms with Gasteiger partial charge in [-0.3, -0.25) is 4.79 Å². The molecule has 0 aliphatic heterocycles. The van der Waals surface area contributed by atoms with E-state index in [0.717, 1.165) is 37.0 Å². The molecule has 16 heavy (non-hydrogen) atoms. The molecule has 0 N–H and O–H groups in total. The van der Waals surface area contributed by atoms with E-state index in [-0.39, 0.29) is 5.41 Å². The second-order valence-corrected chi connectivity index (χ2v) is 7.37. The lowest BCUT2D eigenvalue weighted by molar-refractivity contribution is -0.130. The standard InChI is InChI=1S/C15H24O/c1-9-7-8-15(4)11(16)6-5-10-13(12(9)15)14(10,2)3/h9-10,12-13H,5-8H2,1-4H3/t9-,10+,12+,13-,15-/m1/s1. The molecule has 0 aromatic carbocycles. The minimum absolute atomic E-state index is 0.0343. The van der Waals surface area contributed by atoms with Gasteiger partial charge in [-0.2, -0.15) is 0 Å². The van der Waals surface area contributed by atoms with E-state index in [1.165, 1.54) is 6.42 Å². The summed E-state index contributed by atoms with van der Waals surface area (Å²) in [5, 5.41) is 0.